The van der Waals surface area contributed by atoms with E-state index in [1.54, 1.807) is 0 Å². The van der Waals surface area contributed by atoms with Crippen molar-refractivity contribution in [3.8, 4) is 5.75 Å². The first-order valence-electron chi connectivity index (χ1n) is 6.47. The van der Waals surface area contributed by atoms with E-state index in [1.807, 2.05) is 24.3 Å². The highest BCUT2D eigenvalue weighted by Gasteiger charge is 2.10. The summed E-state index contributed by atoms with van der Waals surface area (Å²) in [5.41, 5.74) is 0.779. The number of rotatable bonds is 5. The smallest absolute Gasteiger partial charge is 0.221 e. The van der Waals surface area contributed by atoms with E-state index in [-0.39, 0.29) is 5.91 Å². The van der Waals surface area contributed by atoms with E-state index >= 15 is 0 Å². The van der Waals surface area contributed by atoms with Crippen molar-refractivity contribution in [2.24, 2.45) is 0 Å². The molecule has 0 atom stereocenters. The molecule has 1 amide bonds. The Kier molecular flexibility index (Phi) is 4.59. The van der Waals surface area contributed by atoms with E-state index in [9.17, 15) is 4.79 Å². The predicted molar refractivity (Wildman–Crippen MR) is 71.9 cm³/mol. The highest BCUT2D eigenvalue weighted by molar-refractivity contribution is 5.88. The quantitative estimate of drug-likeness (QED) is 0.867. The summed E-state index contributed by atoms with van der Waals surface area (Å²) in [6.07, 6.45) is 2.61. The minimum Gasteiger partial charge on any atom is -0.492 e. The zero-order valence-corrected chi connectivity index (χ0v) is 10.8. The van der Waals surface area contributed by atoms with Crippen LogP contribution in [0.3, 0.4) is 0 Å². The van der Waals surface area contributed by atoms with Gasteiger partial charge < -0.3 is 10.1 Å². The molecular weight excluding hydrogens is 228 g/mol. The summed E-state index contributed by atoms with van der Waals surface area (Å²) in [6, 6.07) is 7.51. The molecule has 0 spiro atoms. The number of nitrogens with zero attached hydrogens (tertiary/aromatic N) is 1. The number of carbonyl (C=O) groups is 1. The molecule has 1 fully saturated rings. The van der Waals surface area contributed by atoms with Crippen LogP contribution in [0.4, 0.5) is 5.69 Å². The van der Waals surface area contributed by atoms with E-state index < -0.39 is 0 Å². The average molecular weight is 248 g/mol. The van der Waals surface area contributed by atoms with Crippen molar-refractivity contribution in [1.82, 2.24) is 4.90 Å². The summed E-state index contributed by atoms with van der Waals surface area (Å²) in [7, 11) is 0. The van der Waals surface area contributed by atoms with E-state index in [0.717, 1.165) is 18.0 Å². The molecule has 0 radical (unpaired) electrons. The van der Waals surface area contributed by atoms with Crippen LogP contribution in [0, 0.1) is 0 Å². The molecule has 0 unspecified atom stereocenters. The zero-order chi connectivity index (χ0) is 12.8. The molecule has 1 aromatic carbocycles. The van der Waals surface area contributed by atoms with Crippen molar-refractivity contribution < 1.29 is 9.53 Å². The fourth-order valence-corrected chi connectivity index (χ4v) is 2.17. The molecule has 1 aromatic rings. The van der Waals surface area contributed by atoms with Gasteiger partial charge in [0.25, 0.3) is 0 Å². The van der Waals surface area contributed by atoms with Gasteiger partial charge in [0.2, 0.25) is 5.91 Å². The van der Waals surface area contributed by atoms with Crippen LogP contribution in [-0.4, -0.2) is 37.0 Å². The molecule has 4 heteroatoms. The van der Waals surface area contributed by atoms with Gasteiger partial charge in [0, 0.05) is 25.2 Å². The van der Waals surface area contributed by atoms with Gasteiger partial charge in [-0.25, -0.2) is 0 Å². The third-order valence-corrected chi connectivity index (χ3v) is 3.03. The van der Waals surface area contributed by atoms with Gasteiger partial charge in [0.05, 0.1) is 0 Å². The monoisotopic (exact) mass is 248 g/mol. The molecular formula is C14H20N2O2. The Hall–Kier alpha value is -1.55. The molecule has 2 rings (SSSR count). The third kappa shape index (κ3) is 4.04. The number of ether oxygens (including phenoxy) is 1. The predicted octanol–water partition coefficient (Wildman–Crippen LogP) is 2.12. The number of amides is 1. The molecule has 1 N–H and O–H groups in total. The first-order chi connectivity index (χ1) is 8.74. The van der Waals surface area contributed by atoms with Crippen molar-refractivity contribution in [2.75, 3.05) is 31.6 Å². The maximum Gasteiger partial charge on any atom is 0.221 e. The van der Waals surface area contributed by atoms with Gasteiger partial charge in [-0.15, -0.1) is 0 Å². The lowest BCUT2D eigenvalue weighted by molar-refractivity contribution is -0.114. The second-order valence-corrected chi connectivity index (χ2v) is 4.61. The Morgan fingerprint density at radius 3 is 2.89 bits per heavy atom. The summed E-state index contributed by atoms with van der Waals surface area (Å²) in [6.45, 7) is 5.55. The first kappa shape index (κ1) is 12.9. The van der Waals surface area contributed by atoms with Crippen molar-refractivity contribution in [3.63, 3.8) is 0 Å². The Bertz CT molecular complexity index is 401. The largest absolute Gasteiger partial charge is 0.492 e. The number of nitrogens with one attached hydrogen (secondary N) is 1. The molecule has 1 aliphatic heterocycles. The van der Waals surface area contributed by atoms with E-state index in [0.29, 0.717) is 6.61 Å². The van der Waals surface area contributed by atoms with Crippen molar-refractivity contribution in [2.45, 2.75) is 19.8 Å². The Balaban J connectivity index is 1.79. The normalized spacial score (nSPS) is 15.6. The van der Waals surface area contributed by atoms with Crippen LogP contribution >= 0.6 is 0 Å². The van der Waals surface area contributed by atoms with E-state index in [4.69, 9.17) is 4.74 Å². The maximum absolute atomic E-state index is 11.0. The molecule has 18 heavy (non-hydrogen) atoms. The number of hydrogen-bond acceptors (Lipinski definition) is 3. The highest BCUT2D eigenvalue weighted by Crippen LogP contribution is 2.17. The van der Waals surface area contributed by atoms with Gasteiger partial charge in [-0.1, -0.05) is 6.07 Å². The van der Waals surface area contributed by atoms with Crippen molar-refractivity contribution >= 4 is 11.6 Å². The fraction of sp³-hybridized carbons (Fsp3) is 0.500. The van der Waals surface area contributed by atoms with E-state index in [1.165, 1.54) is 32.9 Å². The Morgan fingerprint density at radius 1 is 1.39 bits per heavy atom. The lowest BCUT2D eigenvalue weighted by Crippen LogP contribution is -2.25. The lowest BCUT2D eigenvalue weighted by atomic mass is 10.3. The molecule has 0 aromatic heterocycles. The van der Waals surface area contributed by atoms with Crippen LogP contribution < -0.4 is 10.1 Å². The number of likely N-dealkylation sites (tertiary alicyclic amines) is 1. The third-order valence-electron chi connectivity index (χ3n) is 3.03. The Morgan fingerprint density at radius 2 is 2.17 bits per heavy atom. The van der Waals surface area contributed by atoms with Crippen LogP contribution in [-0.2, 0) is 4.79 Å². The minimum absolute atomic E-state index is 0.0655. The van der Waals surface area contributed by atoms with Crippen LogP contribution in [0.25, 0.3) is 0 Å². The molecule has 98 valence electrons. The molecule has 0 saturated carbocycles. The number of benzene rings is 1. The maximum atomic E-state index is 11.0. The first-order valence-corrected chi connectivity index (χ1v) is 6.47. The molecule has 1 saturated heterocycles. The minimum atomic E-state index is -0.0655. The number of hydrogen-bond donors (Lipinski definition) is 1. The van der Waals surface area contributed by atoms with Gasteiger partial charge in [-0.05, 0) is 38.1 Å². The fourth-order valence-electron chi connectivity index (χ4n) is 2.17. The second kappa shape index (κ2) is 6.40. The molecule has 1 aliphatic rings. The van der Waals surface area contributed by atoms with Gasteiger partial charge in [0.1, 0.15) is 12.4 Å². The number of carbonyl (C=O) groups excluding carboxylic acids is 1. The van der Waals surface area contributed by atoms with Crippen LogP contribution in [0.1, 0.15) is 19.8 Å². The topological polar surface area (TPSA) is 41.6 Å². The SMILES string of the molecule is CC(=O)Nc1cccc(OCCN2CCCC2)c1. The van der Waals surface area contributed by atoms with Crippen molar-refractivity contribution in [3.05, 3.63) is 24.3 Å². The van der Waals surface area contributed by atoms with Gasteiger partial charge in [-0.2, -0.15) is 0 Å². The summed E-state index contributed by atoms with van der Waals surface area (Å²) in [4.78, 5) is 13.4. The van der Waals surface area contributed by atoms with Gasteiger partial charge in [-0.3, -0.25) is 9.69 Å². The molecule has 4 nitrogen and oxygen atoms in total. The van der Waals surface area contributed by atoms with Crippen LogP contribution in [0.5, 0.6) is 5.75 Å². The summed E-state index contributed by atoms with van der Waals surface area (Å²) >= 11 is 0. The van der Waals surface area contributed by atoms with Gasteiger partial charge in [0.15, 0.2) is 0 Å². The van der Waals surface area contributed by atoms with Crippen LogP contribution in [0.15, 0.2) is 24.3 Å². The molecule has 0 bridgehead atoms. The molecule has 1 heterocycles. The highest BCUT2D eigenvalue weighted by atomic mass is 16.5. The van der Waals surface area contributed by atoms with E-state index in [2.05, 4.69) is 10.2 Å². The van der Waals surface area contributed by atoms with Crippen LogP contribution in [0.2, 0.25) is 0 Å². The van der Waals surface area contributed by atoms with Crippen molar-refractivity contribution in [1.29, 1.82) is 0 Å². The zero-order valence-electron chi connectivity index (χ0n) is 10.8. The lowest BCUT2D eigenvalue weighted by Gasteiger charge is -2.15. The summed E-state index contributed by atoms with van der Waals surface area (Å²) in [5, 5.41) is 2.75. The summed E-state index contributed by atoms with van der Waals surface area (Å²) < 4.78 is 5.70. The standard InChI is InChI=1S/C14H20N2O2/c1-12(17)15-13-5-4-6-14(11-13)18-10-9-16-7-2-3-8-16/h4-6,11H,2-3,7-10H2,1H3,(H,15,17). The summed E-state index contributed by atoms with van der Waals surface area (Å²) in [5.74, 6) is 0.740. The average Bonchev–Trinajstić information content (AvgIpc) is 2.82. The Labute approximate surface area is 108 Å². The van der Waals surface area contributed by atoms with Gasteiger partial charge >= 0.3 is 0 Å². The number of anilines is 1. The molecule has 0 aliphatic carbocycles. The second-order valence-electron chi connectivity index (χ2n) is 4.61.